The van der Waals surface area contributed by atoms with Crippen LogP contribution in [0.4, 0.5) is 5.69 Å². The summed E-state index contributed by atoms with van der Waals surface area (Å²) in [6, 6.07) is 7.22. The van der Waals surface area contributed by atoms with E-state index in [9.17, 15) is 0 Å². The van der Waals surface area contributed by atoms with Crippen molar-refractivity contribution in [2.24, 2.45) is 27.2 Å². The molecule has 1 heterocycles. The zero-order valence-electron chi connectivity index (χ0n) is 11.9. The fourth-order valence-electron chi connectivity index (χ4n) is 2.03. The number of hydrogen-bond donors (Lipinski definition) is 3. The van der Waals surface area contributed by atoms with Crippen LogP contribution in [0.15, 0.2) is 34.3 Å². The number of hydrogen-bond acceptors (Lipinski definition) is 3. The third-order valence-electron chi connectivity index (χ3n) is 3.03. The Hall–Kier alpha value is -2.28. The SMILES string of the molecule is NC(N)=NC(N)=Nc1ccc(OCC2CCCCO2)cc1. The van der Waals surface area contributed by atoms with Crippen molar-refractivity contribution >= 4 is 17.6 Å². The minimum atomic E-state index is -0.122. The van der Waals surface area contributed by atoms with Gasteiger partial charge in [0.25, 0.3) is 0 Å². The van der Waals surface area contributed by atoms with Crippen LogP contribution >= 0.6 is 0 Å². The first-order valence-electron chi connectivity index (χ1n) is 6.92. The van der Waals surface area contributed by atoms with Crippen LogP contribution in [0.2, 0.25) is 0 Å². The molecule has 7 nitrogen and oxygen atoms in total. The van der Waals surface area contributed by atoms with Gasteiger partial charge in [-0.1, -0.05) is 0 Å². The Morgan fingerprint density at radius 2 is 1.95 bits per heavy atom. The quantitative estimate of drug-likeness (QED) is 0.561. The summed E-state index contributed by atoms with van der Waals surface area (Å²) < 4.78 is 11.3. The van der Waals surface area contributed by atoms with E-state index in [1.807, 2.05) is 12.1 Å². The van der Waals surface area contributed by atoms with Crippen molar-refractivity contribution in [2.45, 2.75) is 25.4 Å². The van der Waals surface area contributed by atoms with Crippen molar-refractivity contribution in [1.29, 1.82) is 0 Å². The average Bonchev–Trinajstić information content (AvgIpc) is 2.47. The molecule has 7 heteroatoms. The maximum absolute atomic E-state index is 5.70. The zero-order chi connectivity index (χ0) is 15.1. The van der Waals surface area contributed by atoms with Crippen LogP contribution < -0.4 is 21.9 Å². The van der Waals surface area contributed by atoms with Gasteiger partial charge >= 0.3 is 0 Å². The first kappa shape index (κ1) is 15.1. The second kappa shape index (κ2) is 7.49. The molecular formula is C14H21N5O2. The maximum Gasteiger partial charge on any atom is 0.223 e. The molecule has 0 radical (unpaired) electrons. The Labute approximate surface area is 123 Å². The van der Waals surface area contributed by atoms with Gasteiger partial charge in [-0.15, -0.1) is 0 Å². The third-order valence-corrected chi connectivity index (χ3v) is 3.03. The molecule has 1 aromatic carbocycles. The van der Waals surface area contributed by atoms with Gasteiger partial charge in [0.05, 0.1) is 11.8 Å². The molecular weight excluding hydrogens is 270 g/mol. The number of rotatable bonds is 4. The molecule has 21 heavy (non-hydrogen) atoms. The molecule has 6 N–H and O–H groups in total. The van der Waals surface area contributed by atoms with Crippen molar-refractivity contribution in [3.05, 3.63) is 24.3 Å². The Kier molecular flexibility index (Phi) is 5.39. The largest absolute Gasteiger partial charge is 0.491 e. The molecule has 1 aliphatic heterocycles. The van der Waals surface area contributed by atoms with Gasteiger partial charge in [-0.05, 0) is 43.5 Å². The van der Waals surface area contributed by atoms with Crippen LogP contribution in [0.3, 0.4) is 0 Å². The summed E-state index contributed by atoms with van der Waals surface area (Å²) in [7, 11) is 0. The van der Waals surface area contributed by atoms with Gasteiger partial charge in [-0.25, -0.2) is 4.99 Å². The van der Waals surface area contributed by atoms with Gasteiger partial charge in [-0.3, -0.25) is 0 Å². The molecule has 0 aromatic heterocycles. The van der Waals surface area contributed by atoms with E-state index in [4.69, 9.17) is 26.7 Å². The molecule has 0 bridgehead atoms. The lowest BCUT2D eigenvalue weighted by Gasteiger charge is -2.22. The van der Waals surface area contributed by atoms with E-state index in [1.54, 1.807) is 12.1 Å². The van der Waals surface area contributed by atoms with Crippen LogP contribution in [-0.2, 0) is 4.74 Å². The molecule has 0 saturated carbocycles. The van der Waals surface area contributed by atoms with E-state index in [1.165, 1.54) is 6.42 Å². The van der Waals surface area contributed by atoms with Crippen molar-refractivity contribution in [1.82, 2.24) is 0 Å². The molecule has 1 unspecified atom stereocenters. The van der Waals surface area contributed by atoms with Gasteiger partial charge in [-0.2, -0.15) is 4.99 Å². The number of guanidine groups is 2. The predicted octanol–water partition coefficient (Wildman–Crippen LogP) is 0.854. The van der Waals surface area contributed by atoms with E-state index in [2.05, 4.69) is 9.98 Å². The van der Waals surface area contributed by atoms with Crippen LogP contribution in [0.25, 0.3) is 0 Å². The molecule has 1 aliphatic rings. The van der Waals surface area contributed by atoms with E-state index in [0.717, 1.165) is 25.2 Å². The van der Waals surface area contributed by atoms with Gasteiger partial charge in [0.2, 0.25) is 5.96 Å². The summed E-state index contributed by atoms with van der Waals surface area (Å²) in [5, 5.41) is 0. The second-order valence-corrected chi connectivity index (χ2v) is 4.80. The van der Waals surface area contributed by atoms with Gasteiger partial charge in [0.15, 0.2) is 5.96 Å². The van der Waals surface area contributed by atoms with Crippen molar-refractivity contribution in [2.75, 3.05) is 13.2 Å². The Morgan fingerprint density at radius 1 is 1.19 bits per heavy atom. The Balaban J connectivity index is 1.88. The summed E-state index contributed by atoms with van der Waals surface area (Å²) >= 11 is 0. The average molecular weight is 291 g/mol. The van der Waals surface area contributed by atoms with E-state index >= 15 is 0 Å². The van der Waals surface area contributed by atoms with Crippen LogP contribution in [0, 0.1) is 0 Å². The zero-order valence-corrected chi connectivity index (χ0v) is 11.9. The highest BCUT2D eigenvalue weighted by Crippen LogP contribution is 2.20. The summed E-state index contributed by atoms with van der Waals surface area (Å²) in [6.07, 6.45) is 3.58. The highest BCUT2D eigenvalue weighted by molar-refractivity contribution is 5.93. The van der Waals surface area contributed by atoms with E-state index < -0.39 is 0 Å². The lowest BCUT2D eigenvalue weighted by Crippen LogP contribution is -2.26. The van der Waals surface area contributed by atoms with Crippen LogP contribution in [0.5, 0.6) is 5.75 Å². The van der Waals surface area contributed by atoms with E-state index in [-0.39, 0.29) is 18.0 Å². The molecule has 0 amide bonds. The fourth-order valence-corrected chi connectivity index (χ4v) is 2.03. The van der Waals surface area contributed by atoms with Crippen LogP contribution in [-0.4, -0.2) is 31.2 Å². The number of nitrogens with zero attached hydrogens (tertiary/aromatic N) is 2. The normalized spacial score (nSPS) is 19.0. The molecule has 0 spiro atoms. The minimum Gasteiger partial charge on any atom is -0.491 e. The molecule has 2 rings (SSSR count). The second-order valence-electron chi connectivity index (χ2n) is 4.80. The predicted molar refractivity (Wildman–Crippen MR) is 82.6 cm³/mol. The Morgan fingerprint density at radius 3 is 2.57 bits per heavy atom. The van der Waals surface area contributed by atoms with Gasteiger partial charge in [0, 0.05) is 6.61 Å². The lowest BCUT2D eigenvalue weighted by molar-refractivity contribution is -0.0110. The lowest BCUT2D eigenvalue weighted by atomic mass is 10.1. The first-order valence-corrected chi connectivity index (χ1v) is 6.92. The van der Waals surface area contributed by atoms with Crippen molar-refractivity contribution < 1.29 is 9.47 Å². The van der Waals surface area contributed by atoms with Gasteiger partial charge in [0.1, 0.15) is 12.4 Å². The molecule has 114 valence electrons. The molecule has 1 saturated heterocycles. The minimum absolute atomic E-state index is 0.0132. The molecule has 1 atom stereocenters. The Bertz CT molecular complexity index is 503. The van der Waals surface area contributed by atoms with Crippen molar-refractivity contribution in [3.63, 3.8) is 0 Å². The molecule has 1 aromatic rings. The maximum atomic E-state index is 5.70. The number of benzene rings is 1. The monoisotopic (exact) mass is 291 g/mol. The smallest absolute Gasteiger partial charge is 0.223 e. The van der Waals surface area contributed by atoms with E-state index in [0.29, 0.717) is 12.3 Å². The number of ether oxygens (including phenoxy) is 2. The molecule has 1 fully saturated rings. The number of nitrogens with two attached hydrogens (primary N) is 3. The summed E-state index contributed by atoms with van der Waals surface area (Å²) in [6.45, 7) is 1.39. The van der Waals surface area contributed by atoms with Crippen LogP contribution in [0.1, 0.15) is 19.3 Å². The summed E-state index contributed by atoms with van der Waals surface area (Å²) in [5.41, 5.74) is 16.6. The first-order chi connectivity index (χ1) is 10.1. The van der Waals surface area contributed by atoms with Gasteiger partial charge < -0.3 is 26.7 Å². The topological polar surface area (TPSA) is 121 Å². The summed E-state index contributed by atoms with van der Waals surface area (Å²) in [4.78, 5) is 7.70. The highest BCUT2D eigenvalue weighted by Gasteiger charge is 2.14. The molecule has 0 aliphatic carbocycles. The summed E-state index contributed by atoms with van der Waals surface area (Å²) in [5.74, 6) is 0.659. The number of aliphatic imine (C=N–C) groups is 2. The third kappa shape index (κ3) is 5.31. The standard InChI is InChI=1S/C14H21N5O2/c15-13(16)19-14(17)18-10-4-6-11(7-5-10)21-9-12-3-1-2-8-20-12/h4-7,12H,1-3,8-9H2,(H6,15,16,17,18,19). The fraction of sp³-hybridized carbons (Fsp3) is 0.429. The van der Waals surface area contributed by atoms with Crippen molar-refractivity contribution in [3.8, 4) is 5.75 Å². The highest BCUT2D eigenvalue weighted by atomic mass is 16.5.